The highest BCUT2D eigenvalue weighted by molar-refractivity contribution is 6.70. The summed E-state index contributed by atoms with van der Waals surface area (Å²) in [7, 11) is 2.39. The number of carbonyl (C=O) groups excluding carboxylic acids is 2. The minimum atomic E-state index is -2.12. The van der Waals surface area contributed by atoms with Crippen molar-refractivity contribution in [2.75, 3.05) is 28.4 Å². The number of methoxy groups -OCH3 is 4. The van der Waals surface area contributed by atoms with Crippen molar-refractivity contribution in [3.63, 3.8) is 0 Å². The van der Waals surface area contributed by atoms with Crippen molar-refractivity contribution < 1.29 is 46.9 Å². The third-order valence-corrected chi connectivity index (χ3v) is 9.80. The third kappa shape index (κ3) is 15.4. The Morgan fingerprint density at radius 1 is 0.796 bits per heavy atom. The quantitative estimate of drug-likeness (QED) is 0.0615. The molecule has 0 spiro atoms. The van der Waals surface area contributed by atoms with E-state index in [0.717, 1.165) is 11.3 Å². The number of esters is 2. The largest absolute Gasteiger partial charge is 0.497 e. The number of rotatable bonds is 16. The van der Waals surface area contributed by atoms with Crippen molar-refractivity contribution in [2.24, 2.45) is 5.92 Å². The maximum absolute atomic E-state index is 13.5. The van der Waals surface area contributed by atoms with Crippen LogP contribution in [-0.2, 0) is 37.4 Å². The van der Waals surface area contributed by atoms with Crippen LogP contribution in [0.15, 0.2) is 60.4 Å². The van der Waals surface area contributed by atoms with Crippen LogP contribution in [0.2, 0.25) is 39.3 Å². The molecule has 0 aliphatic heterocycles. The Morgan fingerprint density at radius 3 is 1.84 bits per heavy atom. The van der Waals surface area contributed by atoms with Gasteiger partial charge in [0.25, 0.3) is 0 Å². The molecule has 274 valence electrons. The minimum absolute atomic E-state index is 0.0584. The van der Waals surface area contributed by atoms with E-state index in [1.54, 1.807) is 32.4 Å². The summed E-state index contributed by atoms with van der Waals surface area (Å²) in [6, 6.07) is 14.7. The van der Waals surface area contributed by atoms with Crippen LogP contribution in [0.5, 0.6) is 11.5 Å². The van der Waals surface area contributed by atoms with Crippen LogP contribution >= 0.6 is 0 Å². The Morgan fingerprint density at radius 2 is 1.39 bits per heavy atom. The highest BCUT2D eigenvalue weighted by atomic mass is 28.4. The number of hydrogen-bond acceptors (Lipinski definition) is 10. The van der Waals surface area contributed by atoms with Gasteiger partial charge in [-0.05, 0) is 95.0 Å². The Balaban J connectivity index is 0.000000624. The molecule has 0 fully saturated rings. The van der Waals surface area contributed by atoms with Gasteiger partial charge < -0.3 is 37.3 Å². The van der Waals surface area contributed by atoms with E-state index in [4.69, 9.17) is 37.3 Å². The summed E-state index contributed by atoms with van der Waals surface area (Å²) in [5.41, 5.74) is 0.334. The fourth-order valence-corrected chi connectivity index (χ4v) is 10.4. The number of benzene rings is 2. The molecule has 0 aromatic heterocycles. The molecule has 2 aromatic rings. The van der Waals surface area contributed by atoms with E-state index < -0.39 is 34.1 Å². The lowest BCUT2D eigenvalue weighted by Crippen LogP contribution is -2.59. The molecular weight excluding hydrogens is 677 g/mol. The number of hydrogen-bond donors (Lipinski definition) is 0. The fourth-order valence-electron chi connectivity index (χ4n) is 4.78. The van der Waals surface area contributed by atoms with Crippen molar-refractivity contribution in [3.8, 4) is 11.5 Å². The molecule has 2 aromatic carbocycles. The predicted molar refractivity (Wildman–Crippen MR) is 203 cm³/mol. The van der Waals surface area contributed by atoms with Crippen molar-refractivity contribution >= 4 is 50.7 Å². The van der Waals surface area contributed by atoms with Crippen LogP contribution in [0.25, 0.3) is 11.8 Å². The molecule has 0 heterocycles. The van der Waals surface area contributed by atoms with Gasteiger partial charge in [0.1, 0.15) is 17.6 Å². The monoisotopic (exact) mass is 734 g/mol. The molecule has 0 aliphatic carbocycles. The van der Waals surface area contributed by atoms with Crippen LogP contribution in [-0.4, -0.2) is 84.9 Å². The Bertz CT molecular complexity index is 1390. The summed E-state index contributed by atoms with van der Waals surface area (Å²) in [6.45, 7) is 20.3. The van der Waals surface area contributed by atoms with E-state index in [1.165, 1.54) is 20.3 Å². The molecule has 0 saturated carbocycles. The van der Waals surface area contributed by atoms with Gasteiger partial charge in [-0.15, -0.1) is 0 Å². The first kappa shape index (κ1) is 43.7. The normalized spacial score (nSPS) is 14.3. The molecule has 0 amide bonds. The van der Waals surface area contributed by atoms with Crippen LogP contribution in [0.4, 0.5) is 0 Å². The van der Waals surface area contributed by atoms with Gasteiger partial charge in [0.15, 0.2) is 27.8 Å². The zero-order valence-corrected chi connectivity index (χ0v) is 36.1. The molecule has 0 saturated heterocycles. The molecule has 0 aliphatic rings. The molecule has 2 rings (SSSR count). The average Bonchev–Trinajstić information content (AvgIpc) is 3.00. The fraction of sp³-hybridized carbons (Fsp3) is 0.500. The molecule has 10 nitrogen and oxygen atoms in total. The van der Waals surface area contributed by atoms with E-state index >= 15 is 0 Å². The van der Waals surface area contributed by atoms with E-state index in [0.29, 0.717) is 21.6 Å². The van der Waals surface area contributed by atoms with E-state index in [9.17, 15) is 9.59 Å². The number of para-hydroxylation sites is 1. The molecular formula is C36H58O10Si3. The lowest BCUT2D eigenvalue weighted by Gasteiger charge is -2.45. The molecule has 13 heteroatoms. The topological polar surface area (TPSA) is 108 Å². The van der Waals surface area contributed by atoms with Gasteiger partial charge in [0, 0.05) is 6.08 Å². The summed E-state index contributed by atoms with van der Waals surface area (Å²) in [5.74, 6) is 0.589. The molecule has 49 heavy (non-hydrogen) atoms. The van der Waals surface area contributed by atoms with Crippen LogP contribution in [0.3, 0.4) is 0 Å². The zero-order valence-electron chi connectivity index (χ0n) is 32.1. The first-order valence-corrected chi connectivity index (χ1v) is 24.1. The molecule has 2 unspecified atom stereocenters. The third-order valence-electron chi connectivity index (χ3n) is 6.44. The first-order valence-electron chi connectivity index (χ1n) is 16.3. The number of carbonyl (C=O) groups is 2. The second-order valence-electron chi connectivity index (χ2n) is 13.9. The molecule has 0 bridgehead atoms. The predicted octanol–water partition coefficient (Wildman–Crippen LogP) is 6.61. The Labute approximate surface area is 298 Å². The van der Waals surface area contributed by atoms with Crippen molar-refractivity contribution in [1.29, 1.82) is 0 Å². The molecule has 0 N–H and O–H groups in total. The lowest BCUT2D eigenvalue weighted by atomic mass is 10.1. The Hall–Kier alpha value is -3.37. The van der Waals surface area contributed by atoms with Gasteiger partial charge in [-0.3, -0.25) is 0 Å². The van der Waals surface area contributed by atoms with Gasteiger partial charge in [-0.1, -0.05) is 38.1 Å². The maximum Gasteiger partial charge on any atom is 0.379 e. The van der Waals surface area contributed by atoms with Crippen molar-refractivity contribution in [2.45, 2.75) is 84.6 Å². The van der Waals surface area contributed by atoms with Crippen LogP contribution in [0, 0.1) is 5.92 Å². The van der Waals surface area contributed by atoms with Crippen LogP contribution in [0.1, 0.15) is 38.8 Å². The summed E-state index contributed by atoms with van der Waals surface area (Å²) >= 11 is 0. The summed E-state index contributed by atoms with van der Waals surface area (Å²) in [6.07, 6.45) is 2.64. The van der Waals surface area contributed by atoms with Gasteiger partial charge in [0.2, 0.25) is 5.76 Å². The van der Waals surface area contributed by atoms with E-state index in [2.05, 4.69) is 53.1 Å². The van der Waals surface area contributed by atoms with Gasteiger partial charge in [-0.25, -0.2) is 9.59 Å². The lowest BCUT2D eigenvalue weighted by molar-refractivity contribution is -0.200. The Kier molecular flexibility index (Phi) is 17.6. The zero-order chi connectivity index (χ0) is 37.6. The van der Waals surface area contributed by atoms with Crippen LogP contribution < -0.4 is 9.47 Å². The average molecular weight is 735 g/mol. The molecule has 0 radical (unpaired) electrons. The first-order chi connectivity index (χ1) is 22.7. The minimum Gasteiger partial charge on any atom is -0.497 e. The highest BCUT2D eigenvalue weighted by Gasteiger charge is 2.47. The second-order valence-corrected chi connectivity index (χ2v) is 24.2. The van der Waals surface area contributed by atoms with E-state index in [1.807, 2.05) is 50.2 Å². The highest BCUT2D eigenvalue weighted by Crippen LogP contribution is 2.33. The number of ether oxygens (including phenoxy) is 6. The van der Waals surface area contributed by atoms with Gasteiger partial charge in [0.05, 0.1) is 50.3 Å². The van der Waals surface area contributed by atoms with E-state index in [-0.39, 0.29) is 29.5 Å². The van der Waals surface area contributed by atoms with Crippen molar-refractivity contribution in [1.82, 2.24) is 0 Å². The summed E-state index contributed by atoms with van der Waals surface area (Å²) in [5, 5.41) is 0. The smallest absolute Gasteiger partial charge is 0.379 e. The standard InChI is InChI=1S/C23H42O7Si3.C13H16O3/c1-16(2)21(29-32(6,7)8)23(31,30-33(9,10)11)28-22(24)20(27-5)19(26-4)17-14-12-13-15-18(17)25-3;1-10(2)16-13(14)9-6-11-4-7-12(15-3)8-5-11/h12-16,21H,1-11,31H3;4-10H,1-3H3. The second kappa shape index (κ2) is 19.7. The van der Waals surface area contributed by atoms with Gasteiger partial charge >= 0.3 is 11.9 Å². The SMILES string of the molecule is COC(C(=O)OC([SiH3])(O[Si](C)(C)C)C(O[Si](C)(C)C)C(C)C)=C(OC)c1ccccc1OC.COc1ccc(C=CC(=O)OC(C)C)cc1. The summed E-state index contributed by atoms with van der Waals surface area (Å²) in [4.78, 5) is 24.7. The summed E-state index contributed by atoms with van der Waals surface area (Å²) < 4.78 is 45.7. The van der Waals surface area contributed by atoms with Crippen molar-refractivity contribution in [3.05, 3.63) is 71.5 Å². The van der Waals surface area contributed by atoms with Gasteiger partial charge in [-0.2, -0.15) is 0 Å². The molecule has 2 atom stereocenters. The maximum atomic E-state index is 13.5.